The highest BCUT2D eigenvalue weighted by atomic mass is 32.2. The molecule has 1 N–H and O–H groups in total. The van der Waals surface area contributed by atoms with Crippen molar-refractivity contribution in [1.29, 1.82) is 0 Å². The fraction of sp³-hybridized carbons (Fsp3) is 0.455. The normalized spacial score (nSPS) is 18.5. The van der Waals surface area contributed by atoms with Crippen molar-refractivity contribution in [1.82, 2.24) is 4.72 Å². The number of sulfonamides is 1. The molecule has 5 nitrogen and oxygen atoms in total. The van der Waals surface area contributed by atoms with Gasteiger partial charge in [0.15, 0.2) is 0 Å². The molecule has 152 valence electrons. The van der Waals surface area contributed by atoms with Crippen LogP contribution in [0.5, 0.6) is 11.5 Å². The van der Waals surface area contributed by atoms with Crippen LogP contribution in [0.15, 0.2) is 41.3 Å². The zero-order chi connectivity index (χ0) is 20.7. The van der Waals surface area contributed by atoms with Crippen LogP contribution in [0.1, 0.15) is 62.8 Å². The molecule has 3 rings (SSSR count). The fourth-order valence-electron chi connectivity index (χ4n) is 3.75. The van der Waals surface area contributed by atoms with Crippen LogP contribution in [0.3, 0.4) is 0 Å². The van der Waals surface area contributed by atoms with E-state index in [4.69, 9.17) is 9.47 Å². The lowest BCUT2D eigenvalue weighted by atomic mass is 9.90. The Kier molecular flexibility index (Phi) is 5.47. The first-order valence-corrected chi connectivity index (χ1v) is 11.0. The topological polar surface area (TPSA) is 64.6 Å². The van der Waals surface area contributed by atoms with Gasteiger partial charge in [0.25, 0.3) is 0 Å². The van der Waals surface area contributed by atoms with Crippen LogP contribution in [0, 0.1) is 6.92 Å². The maximum atomic E-state index is 13.3. The number of para-hydroxylation sites is 1. The van der Waals surface area contributed by atoms with Gasteiger partial charge in [0, 0.05) is 12.0 Å². The van der Waals surface area contributed by atoms with Gasteiger partial charge in [-0.3, -0.25) is 0 Å². The third-order valence-corrected chi connectivity index (χ3v) is 6.73. The Labute approximate surface area is 168 Å². The lowest BCUT2D eigenvalue weighted by molar-refractivity contribution is 0.0702. The van der Waals surface area contributed by atoms with Gasteiger partial charge in [-0.05, 0) is 56.0 Å². The molecular weight excluding hydrogens is 374 g/mol. The molecule has 1 heterocycles. The summed E-state index contributed by atoms with van der Waals surface area (Å²) in [6.07, 6.45) is 0.551. The highest BCUT2D eigenvalue weighted by molar-refractivity contribution is 7.89. The van der Waals surface area contributed by atoms with Crippen molar-refractivity contribution in [2.24, 2.45) is 0 Å². The third kappa shape index (κ3) is 4.03. The molecule has 28 heavy (non-hydrogen) atoms. The Morgan fingerprint density at radius 1 is 1.21 bits per heavy atom. The second kappa shape index (κ2) is 7.41. The van der Waals surface area contributed by atoms with Crippen LogP contribution in [0.25, 0.3) is 0 Å². The summed E-state index contributed by atoms with van der Waals surface area (Å²) in [5, 5.41) is 0. The van der Waals surface area contributed by atoms with Crippen molar-refractivity contribution >= 4 is 10.0 Å². The minimum atomic E-state index is -3.73. The van der Waals surface area contributed by atoms with Crippen LogP contribution in [0.2, 0.25) is 0 Å². The van der Waals surface area contributed by atoms with Gasteiger partial charge >= 0.3 is 0 Å². The van der Waals surface area contributed by atoms with Crippen molar-refractivity contribution in [2.45, 2.75) is 63.5 Å². The molecule has 1 unspecified atom stereocenters. The van der Waals surface area contributed by atoms with Crippen molar-refractivity contribution in [3.63, 3.8) is 0 Å². The van der Waals surface area contributed by atoms with Gasteiger partial charge < -0.3 is 9.47 Å². The molecule has 1 aliphatic heterocycles. The molecule has 2 aromatic rings. The monoisotopic (exact) mass is 403 g/mol. The van der Waals surface area contributed by atoms with E-state index in [2.05, 4.69) is 4.72 Å². The molecule has 6 heteroatoms. The highest BCUT2D eigenvalue weighted by Crippen LogP contribution is 2.40. The van der Waals surface area contributed by atoms with Gasteiger partial charge in [0.2, 0.25) is 10.0 Å². The molecule has 0 saturated heterocycles. The quantitative estimate of drug-likeness (QED) is 0.785. The molecule has 0 aliphatic carbocycles. The van der Waals surface area contributed by atoms with Gasteiger partial charge in [-0.2, -0.15) is 0 Å². The summed E-state index contributed by atoms with van der Waals surface area (Å²) in [6, 6.07) is 10.8. The first kappa shape index (κ1) is 20.7. The lowest BCUT2D eigenvalue weighted by Crippen LogP contribution is -2.41. The first-order chi connectivity index (χ1) is 13.0. The number of aryl methyl sites for hydroxylation is 1. The Hall–Kier alpha value is -2.05. The number of hydrogen-bond donors (Lipinski definition) is 1. The number of rotatable bonds is 5. The molecule has 0 bridgehead atoms. The number of nitrogens with one attached hydrogen (secondary N) is 1. The number of ether oxygens (including phenoxy) is 2. The van der Waals surface area contributed by atoms with Crippen LogP contribution in [0.4, 0.5) is 0 Å². The van der Waals surface area contributed by atoms with Crippen molar-refractivity contribution in [3.05, 3.63) is 53.1 Å². The average molecular weight is 404 g/mol. The van der Waals surface area contributed by atoms with Crippen LogP contribution in [-0.2, 0) is 10.0 Å². The van der Waals surface area contributed by atoms with Crippen molar-refractivity contribution in [3.8, 4) is 11.5 Å². The Balaban J connectivity index is 2.02. The highest BCUT2D eigenvalue weighted by Gasteiger charge is 2.36. The van der Waals surface area contributed by atoms with Crippen molar-refractivity contribution < 1.29 is 17.9 Å². The molecule has 0 amide bonds. The molecule has 0 fully saturated rings. The van der Waals surface area contributed by atoms with Gasteiger partial charge in [-0.1, -0.05) is 32.0 Å². The molecule has 0 spiro atoms. The van der Waals surface area contributed by atoms with E-state index in [1.165, 1.54) is 0 Å². The molecule has 1 atom stereocenters. The molecule has 0 aromatic heterocycles. The predicted octanol–water partition coefficient (Wildman–Crippen LogP) is 4.71. The average Bonchev–Trinajstić information content (AvgIpc) is 2.59. The van der Waals surface area contributed by atoms with E-state index in [1.54, 1.807) is 26.2 Å². The zero-order valence-electron chi connectivity index (χ0n) is 17.4. The second-order valence-electron chi connectivity index (χ2n) is 8.29. The van der Waals surface area contributed by atoms with E-state index in [1.807, 2.05) is 52.0 Å². The summed E-state index contributed by atoms with van der Waals surface area (Å²) < 4.78 is 41.0. The Bertz CT molecular complexity index is 980. The molecule has 0 saturated carbocycles. The molecule has 1 aliphatic rings. The van der Waals surface area contributed by atoms with Crippen LogP contribution in [-0.4, -0.2) is 21.1 Å². The summed E-state index contributed by atoms with van der Waals surface area (Å²) in [5.74, 6) is 1.58. The first-order valence-electron chi connectivity index (χ1n) is 9.53. The third-order valence-electron chi connectivity index (χ3n) is 5.11. The van der Waals surface area contributed by atoms with Gasteiger partial charge in [-0.25, -0.2) is 13.1 Å². The molecule has 2 aromatic carbocycles. The summed E-state index contributed by atoms with van der Waals surface area (Å²) in [5.41, 5.74) is 1.94. The Morgan fingerprint density at radius 2 is 1.89 bits per heavy atom. The van der Waals surface area contributed by atoms with Crippen molar-refractivity contribution in [2.75, 3.05) is 7.11 Å². The van der Waals surface area contributed by atoms with E-state index in [-0.39, 0.29) is 12.0 Å². The minimum absolute atomic E-state index is 0.146. The maximum absolute atomic E-state index is 13.3. The number of hydrogen-bond acceptors (Lipinski definition) is 4. The van der Waals surface area contributed by atoms with E-state index in [0.29, 0.717) is 22.6 Å². The minimum Gasteiger partial charge on any atom is -0.496 e. The standard InChI is InChI=1S/C22H29NO4S/c1-14(2)17-12-21(15(3)11-20(17)26-6)28(24,25)23-18-13-22(4,5)27-19-10-8-7-9-16(18)19/h7-12,14,18,23H,13H2,1-6H3. The SMILES string of the molecule is COc1cc(C)c(S(=O)(=O)NC2CC(C)(C)Oc3ccccc32)cc1C(C)C. The summed E-state index contributed by atoms with van der Waals surface area (Å²) in [4.78, 5) is 0.291. The summed E-state index contributed by atoms with van der Waals surface area (Å²) >= 11 is 0. The van der Waals surface area contributed by atoms with E-state index < -0.39 is 15.6 Å². The van der Waals surface area contributed by atoms with E-state index >= 15 is 0 Å². The zero-order valence-corrected chi connectivity index (χ0v) is 18.2. The summed E-state index contributed by atoms with van der Waals surface area (Å²) in [7, 11) is -2.12. The van der Waals surface area contributed by atoms with Crippen LogP contribution >= 0.6 is 0 Å². The van der Waals surface area contributed by atoms with E-state index in [0.717, 1.165) is 16.9 Å². The van der Waals surface area contributed by atoms with Crippen LogP contribution < -0.4 is 14.2 Å². The molecular formula is C22H29NO4S. The largest absolute Gasteiger partial charge is 0.496 e. The van der Waals surface area contributed by atoms with Gasteiger partial charge in [0.1, 0.15) is 17.1 Å². The number of methoxy groups -OCH3 is 1. The second-order valence-corrected chi connectivity index (χ2v) is 9.97. The lowest BCUT2D eigenvalue weighted by Gasteiger charge is -2.37. The number of benzene rings is 2. The fourth-order valence-corrected chi connectivity index (χ4v) is 5.23. The maximum Gasteiger partial charge on any atom is 0.241 e. The summed E-state index contributed by atoms with van der Waals surface area (Å²) in [6.45, 7) is 9.78. The molecule has 0 radical (unpaired) electrons. The smallest absolute Gasteiger partial charge is 0.241 e. The van der Waals surface area contributed by atoms with E-state index in [9.17, 15) is 8.42 Å². The van der Waals surface area contributed by atoms with Gasteiger partial charge in [0.05, 0.1) is 18.0 Å². The number of fused-ring (bicyclic) bond motifs is 1. The van der Waals surface area contributed by atoms with Gasteiger partial charge in [-0.15, -0.1) is 0 Å². The Morgan fingerprint density at radius 3 is 2.54 bits per heavy atom. The predicted molar refractivity (Wildman–Crippen MR) is 111 cm³/mol.